The Labute approximate surface area is 140 Å². The molecule has 1 heterocycles. The number of hydrogen-bond donors (Lipinski definition) is 2. The molecule has 0 bridgehead atoms. The Bertz CT molecular complexity index is 573. The summed E-state index contributed by atoms with van der Waals surface area (Å²) in [5, 5.41) is 13.2. The van der Waals surface area contributed by atoms with E-state index in [9.17, 15) is 14.7 Å². The number of rotatable bonds is 6. The van der Waals surface area contributed by atoms with Crippen LogP contribution in [0, 0.1) is 0 Å². The molecule has 1 amide bonds. The Morgan fingerprint density at radius 1 is 1.39 bits per heavy atom. The van der Waals surface area contributed by atoms with Gasteiger partial charge in [-0.05, 0) is 25.0 Å². The molecule has 1 saturated heterocycles. The zero-order valence-electron chi connectivity index (χ0n) is 13.0. The average molecular weight is 335 g/mol. The van der Waals surface area contributed by atoms with Crippen molar-refractivity contribution in [3.63, 3.8) is 0 Å². The topological polar surface area (TPSA) is 75.6 Å². The molecule has 2 atom stereocenters. The molecule has 0 saturated carbocycles. The summed E-state index contributed by atoms with van der Waals surface area (Å²) in [6.07, 6.45) is 3.01. The number of unbranched alkanes of at least 4 members (excludes halogenated alkanes) is 1. The Hall–Kier alpha value is -1.79. The maximum absolute atomic E-state index is 12.1. The van der Waals surface area contributed by atoms with Gasteiger partial charge in [-0.15, -0.1) is 11.8 Å². The van der Waals surface area contributed by atoms with Crippen molar-refractivity contribution in [1.82, 2.24) is 5.32 Å². The quantitative estimate of drug-likeness (QED) is 0.615. The minimum absolute atomic E-state index is 0.179. The lowest BCUT2D eigenvalue weighted by molar-refractivity contribution is -0.140. The summed E-state index contributed by atoms with van der Waals surface area (Å²) in [5.41, 5.74) is 0.584. The molecule has 1 fully saturated rings. The fraction of sp³-hybridized carbons (Fsp3) is 0.412. The van der Waals surface area contributed by atoms with Crippen molar-refractivity contribution < 1.29 is 19.4 Å². The number of thioether (sulfide) groups is 1. The van der Waals surface area contributed by atoms with Crippen LogP contribution in [-0.2, 0) is 9.53 Å². The molecule has 1 aliphatic rings. The molecule has 1 aromatic carbocycles. The van der Waals surface area contributed by atoms with Crippen LogP contribution in [0.25, 0.3) is 0 Å². The van der Waals surface area contributed by atoms with Crippen LogP contribution in [0.3, 0.4) is 0 Å². The van der Waals surface area contributed by atoms with Crippen molar-refractivity contribution in [2.45, 2.75) is 31.4 Å². The SMILES string of the molecule is COC(=O)CCC/C=C1\SC[C@@H](NC(=O)c2ccccc2)[C@@H]1O. The van der Waals surface area contributed by atoms with Gasteiger partial charge < -0.3 is 15.2 Å². The van der Waals surface area contributed by atoms with Gasteiger partial charge in [-0.2, -0.15) is 0 Å². The summed E-state index contributed by atoms with van der Waals surface area (Å²) in [5.74, 6) is 0.237. The van der Waals surface area contributed by atoms with Crippen LogP contribution in [0.1, 0.15) is 29.6 Å². The largest absolute Gasteiger partial charge is 0.469 e. The van der Waals surface area contributed by atoms with E-state index in [2.05, 4.69) is 10.1 Å². The molecule has 23 heavy (non-hydrogen) atoms. The van der Waals surface area contributed by atoms with E-state index < -0.39 is 6.10 Å². The second-order valence-electron chi connectivity index (χ2n) is 5.28. The lowest BCUT2D eigenvalue weighted by Gasteiger charge is -2.16. The number of ether oxygens (including phenoxy) is 1. The first kappa shape index (κ1) is 17.6. The lowest BCUT2D eigenvalue weighted by atomic mass is 10.1. The molecule has 6 heteroatoms. The number of allylic oxidation sites excluding steroid dienone is 1. The van der Waals surface area contributed by atoms with E-state index in [4.69, 9.17) is 0 Å². The number of nitrogens with one attached hydrogen (secondary N) is 1. The van der Waals surface area contributed by atoms with Crippen molar-refractivity contribution in [3.8, 4) is 0 Å². The molecule has 0 aliphatic carbocycles. The summed E-state index contributed by atoms with van der Waals surface area (Å²) in [6, 6.07) is 8.66. The number of aliphatic hydroxyl groups is 1. The third-order valence-corrected chi connectivity index (χ3v) is 4.88. The molecule has 0 spiro atoms. The number of amides is 1. The third-order valence-electron chi connectivity index (χ3n) is 3.61. The van der Waals surface area contributed by atoms with Crippen molar-refractivity contribution in [1.29, 1.82) is 0 Å². The summed E-state index contributed by atoms with van der Waals surface area (Å²) in [4.78, 5) is 24.0. The van der Waals surface area contributed by atoms with Gasteiger partial charge in [-0.1, -0.05) is 24.3 Å². The van der Waals surface area contributed by atoms with E-state index in [0.717, 1.165) is 4.91 Å². The zero-order chi connectivity index (χ0) is 16.7. The lowest BCUT2D eigenvalue weighted by Crippen LogP contribution is -2.42. The van der Waals surface area contributed by atoms with Gasteiger partial charge in [0.15, 0.2) is 0 Å². The van der Waals surface area contributed by atoms with Crippen molar-refractivity contribution >= 4 is 23.6 Å². The highest BCUT2D eigenvalue weighted by Crippen LogP contribution is 2.32. The summed E-state index contributed by atoms with van der Waals surface area (Å²) in [7, 11) is 1.37. The van der Waals surface area contributed by atoms with Crippen molar-refractivity contribution in [2.24, 2.45) is 0 Å². The fourth-order valence-corrected chi connectivity index (χ4v) is 3.50. The van der Waals surface area contributed by atoms with Gasteiger partial charge >= 0.3 is 5.97 Å². The van der Waals surface area contributed by atoms with Crippen LogP contribution in [0.4, 0.5) is 0 Å². The van der Waals surface area contributed by atoms with Gasteiger partial charge in [0, 0.05) is 22.6 Å². The monoisotopic (exact) mass is 335 g/mol. The second-order valence-corrected chi connectivity index (χ2v) is 6.37. The standard InChI is InChI=1S/C17H21NO4S/c1-22-15(19)10-6-5-9-14-16(20)13(11-23-14)18-17(21)12-7-3-2-4-8-12/h2-4,7-9,13,16,20H,5-6,10-11H2,1H3,(H,18,21)/b14-9-/t13-,16+/m1/s1. The predicted octanol–water partition coefficient (Wildman–Crippen LogP) is 2.12. The molecule has 124 valence electrons. The smallest absolute Gasteiger partial charge is 0.305 e. The van der Waals surface area contributed by atoms with Crippen LogP contribution in [0.2, 0.25) is 0 Å². The second kappa shape index (κ2) is 8.74. The number of aliphatic hydroxyl groups excluding tert-OH is 1. The third kappa shape index (κ3) is 5.11. The summed E-state index contributed by atoms with van der Waals surface area (Å²) < 4.78 is 4.58. The Morgan fingerprint density at radius 2 is 2.13 bits per heavy atom. The highest BCUT2D eigenvalue weighted by Gasteiger charge is 2.31. The Kier molecular flexibility index (Phi) is 6.67. The van der Waals surface area contributed by atoms with E-state index in [1.165, 1.54) is 7.11 Å². The number of benzene rings is 1. The van der Waals surface area contributed by atoms with E-state index in [-0.39, 0.29) is 17.9 Å². The van der Waals surface area contributed by atoms with Crippen LogP contribution in [0.15, 0.2) is 41.3 Å². The number of carbonyl (C=O) groups is 2. The van der Waals surface area contributed by atoms with Crippen LogP contribution in [0.5, 0.6) is 0 Å². The summed E-state index contributed by atoms with van der Waals surface area (Å²) in [6.45, 7) is 0. The van der Waals surface area contributed by atoms with Crippen LogP contribution < -0.4 is 5.32 Å². The number of esters is 1. The van der Waals surface area contributed by atoms with Crippen LogP contribution in [-0.4, -0.2) is 42.0 Å². The van der Waals surface area contributed by atoms with Gasteiger partial charge in [0.25, 0.3) is 5.91 Å². The first-order chi connectivity index (χ1) is 11.1. The zero-order valence-corrected chi connectivity index (χ0v) is 13.8. The Balaban J connectivity index is 1.83. The normalized spacial score (nSPS) is 22.1. The number of carbonyl (C=O) groups excluding carboxylic acids is 2. The fourth-order valence-electron chi connectivity index (χ4n) is 2.30. The van der Waals surface area contributed by atoms with E-state index >= 15 is 0 Å². The molecular formula is C17H21NO4S. The molecule has 1 aromatic rings. The molecule has 2 rings (SSSR count). The highest BCUT2D eigenvalue weighted by molar-refractivity contribution is 8.03. The first-order valence-electron chi connectivity index (χ1n) is 7.55. The van der Waals surface area contributed by atoms with E-state index in [0.29, 0.717) is 30.6 Å². The average Bonchev–Trinajstić information content (AvgIpc) is 2.92. The maximum Gasteiger partial charge on any atom is 0.305 e. The Morgan fingerprint density at radius 3 is 2.83 bits per heavy atom. The molecule has 0 aromatic heterocycles. The minimum atomic E-state index is -0.689. The van der Waals surface area contributed by atoms with Gasteiger partial charge in [0.1, 0.15) is 6.10 Å². The molecule has 0 unspecified atom stereocenters. The molecule has 5 nitrogen and oxygen atoms in total. The van der Waals surface area contributed by atoms with Gasteiger partial charge in [-0.3, -0.25) is 9.59 Å². The van der Waals surface area contributed by atoms with Gasteiger partial charge in [-0.25, -0.2) is 0 Å². The van der Waals surface area contributed by atoms with Crippen molar-refractivity contribution in [2.75, 3.05) is 12.9 Å². The minimum Gasteiger partial charge on any atom is -0.469 e. The molecular weight excluding hydrogens is 314 g/mol. The number of methoxy groups -OCH3 is 1. The summed E-state index contributed by atoms with van der Waals surface area (Å²) >= 11 is 1.54. The van der Waals surface area contributed by atoms with E-state index in [1.54, 1.807) is 36.0 Å². The predicted molar refractivity (Wildman–Crippen MR) is 90.1 cm³/mol. The van der Waals surface area contributed by atoms with Gasteiger partial charge in [0.05, 0.1) is 13.2 Å². The van der Waals surface area contributed by atoms with E-state index in [1.807, 2.05) is 12.1 Å². The number of hydrogen-bond acceptors (Lipinski definition) is 5. The first-order valence-corrected chi connectivity index (χ1v) is 8.54. The van der Waals surface area contributed by atoms with Gasteiger partial charge in [0.2, 0.25) is 0 Å². The van der Waals surface area contributed by atoms with Crippen LogP contribution >= 0.6 is 11.8 Å². The molecule has 2 N–H and O–H groups in total. The highest BCUT2D eigenvalue weighted by atomic mass is 32.2. The molecule has 1 aliphatic heterocycles. The van der Waals surface area contributed by atoms with Crippen molar-refractivity contribution in [3.05, 3.63) is 46.9 Å². The molecule has 0 radical (unpaired) electrons. The maximum atomic E-state index is 12.1.